The summed E-state index contributed by atoms with van der Waals surface area (Å²) in [6.07, 6.45) is 3.56. The lowest BCUT2D eigenvalue weighted by Gasteiger charge is -2.13. The molecule has 1 aromatic rings. The largest absolute Gasteiger partial charge is 0.512 e. The molecule has 2 heterocycles. The monoisotopic (exact) mass is 208 g/mol. The maximum atomic E-state index is 11.5. The van der Waals surface area contributed by atoms with Crippen molar-refractivity contribution < 1.29 is 14.6 Å². The zero-order valence-corrected chi connectivity index (χ0v) is 8.43. The zero-order valence-electron chi connectivity index (χ0n) is 8.43. The molecule has 0 aliphatic carbocycles. The van der Waals surface area contributed by atoms with E-state index in [0.29, 0.717) is 36.8 Å². The summed E-state index contributed by atoms with van der Waals surface area (Å²) in [6, 6.07) is 0. The molecule has 80 valence electrons. The van der Waals surface area contributed by atoms with E-state index < -0.39 is 0 Å². The summed E-state index contributed by atoms with van der Waals surface area (Å²) in [5.41, 5.74) is 0.440. The third-order valence-electron chi connectivity index (χ3n) is 2.26. The molecule has 0 fully saturated rings. The van der Waals surface area contributed by atoms with E-state index in [1.807, 2.05) is 0 Å². The molecule has 0 bridgehead atoms. The summed E-state index contributed by atoms with van der Waals surface area (Å²) >= 11 is 0. The Kier molecular flexibility index (Phi) is 2.45. The van der Waals surface area contributed by atoms with Crippen LogP contribution in [0.4, 0.5) is 0 Å². The van der Waals surface area contributed by atoms with Crippen molar-refractivity contribution in [2.24, 2.45) is 0 Å². The predicted molar refractivity (Wildman–Crippen MR) is 53.4 cm³/mol. The third-order valence-corrected chi connectivity index (χ3v) is 2.26. The van der Waals surface area contributed by atoms with Gasteiger partial charge in [-0.3, -0.25) is 0 Å². The van der Waals surface area contributed by atoms with E-state index in [1.165, 1.54) is 6.20 Å². The van der Waals surface area contributed by atoms with Crippen molar-refractivity contribution in [3.63, 3.8) is 0 Å². The Labute approximate surface area is 87.0 Å². The van der Waals surface area contributed by atoms with Crippen LogP contribution in [0.5, 0.6) is 0 Å². The van der Waals surface area contributed by atoms with Crippen LogP contribution < -0.4 is 0 Å². The van der Waals surface area contributed by atoms with Gasteiger partial charge in [-0.05, 0) is 6.92 Å². The van der Waals surface area contributed by atoms with Crippen molar-refractivity contribution in [2.45, 2.75) is 19.9 Å². The van der Waals surface area contributed by atoms with E-state index in [0.717, 1.165) is 0 Å². The summed E-state index contributed by atoms with van der Waals surface area (Å²) in [5, 5.41) is 9.30. The minimum atomic E-state index is -0.369. The number of esters is 1. The van der Waals surface area contributed by atoms with Crippen LogP contribution in [-0.2, 0) is 11.3 Å². The fourth-order valence-electron chi connectivity index (χ4n) is 1.56. The molecule has 5 heteroatoms. The number of fused-ring (bicyclic) bond motifs is 1. The van der Waals surface area contributed by atoms with Crippen molar-refractivity contribution in [3.05, 3.63) is 23.5 Å². The number of carbonyl (C=O) groups excluding carboxylic acids is 1. The highest BCUT2D eigenvalue weighted by Gasteiger charge is 2.19. The highest BCUT2D eigenvalue weighted by molar-refractivity contribution is 5.87. The molecule has 0 unspecified atom stereocenters. The fraction of sp³-hybridized carbons (Fsp3) is 0.400. The zero-order chi connectivity index (χ0) is 10.8. The van der Waals surface area contributed by atoms with Gasteiger partial charge in [0.25, 0.3) is 0 Å². The lowest BCUT2D eigenvalue weighted by atomic mass is 10.2. The molecule has 0 amide bonds. The molecule has 2 rings (SSSR count). The van der Waals surface area contributed by atoms with Crippen LogP contribution in [0.25, 0.3) is 6.08 Å². The summed E-state index contributed by atoms with van der Waals surface area (Å²) in [7, 11) is 0. The normalized spacial score (nSPS) is 14.3. The van der Waals surface area contributed by atoms with Crippen molar-refractivity contribution in [1.82, 2.24) is 9.55 Å². The molecule has 15 heavy (non-hydrogen) atoms. The molecule has 1 aliphatic heterocycles. The lowest BCUT2D eigenvalue weighted by Crippen LogP contribution is -2.15. The van der Waals surface area contributed by atoms with E-state index in [4.69, 9.17) is 4.74 Å². The van der Waals surface area contributed by atoms with Gasteiger partial charge < -0.3 is 14.4 Å². The van der Waals surface area contributed by atoms with Crippen LogP contribution in [0, 0.1) is 0 Å². The molecule has 1 aromatic heterocycles. The molecule has 0 aromatic carbocycles. The van der Waals surface area contributed by atoms with Crippen molar-refractivity contribution >= 4 is 12.0 Å². The molecule has 0 spiro atoms. The number of hydrogen-bond acceptors (Lipinski definition) is 4. The van der Waals surface area contributed by atoms with E-state index in [1.54, 1.807) is 17.6 Å². The SMILES string of the molecule is CCOC(=O)c1cnc2n1CCC(O)=C2. The first-order chi connectivity index (χ1) is 7.22. The molecule has 5 nitrogen and oxygen atoms in total. The molecule has 1 aliphatic rings. The second kappa shape index (κ2) is 3.76. The standard InChI is InChI=1S/C10H12N2O3/c1-2-15-10(14)8-6-11-9-5-7(13)3-4-12(8)9/h5-6,13H,2-4H2,1H3. The summed E-state index contributed by atoms with van der Waals surface area (Å²) in [5.74, 6) is 0.524. The van der Waals surface area contributed by atoms with Gasteiger partial charge in [-0.2, -0.15) is 0 Å². The van der Waals surface area contributed by atoms with Crippen molar-refractivity contribution in [2.75, 3.05) is 6.61 Å². The number of imidazole rings is 1. The van der Waals surface area contributed by atoms with Gasteiger partial charge in [0, 0.05) is 19.0 Å². The minimum absolute atomic E-state index is 0.295. The Morgan fingerprint density at radius 2 is 2.53 bits per heavy atom. The van der Waals surface area contributed by atoms with Crippen molar-refractivity contribution in [3.8, 4) is 0 Å². The number of ether oxygens (including phenoxy) is 1. The maximum absolute atomic E-state index is 11.5. The van der Waals surface area contributed by atoms with Crippen molar-refractivity contribution in [1.29, 1.82) is 0 Å². The highest BCUT2D eigenvalue weighted by Crippen LogP contribution is 2.18. The van der Waals surface area contributed by atoms with Crippen LogP contribution in [0.2, 0.25) is 0 Å². The number of aliphatic hydroxyl groups excluding tert-OH is 1. The van der Waals surface area contributed by atoms with Gasteiger partial charge in [0.2, 0.25) is 0 Å². The van der Waals surface area contributed by atoms with Crippen LogP contribution in [0.3, 0.4) is 0 Å². The number of hydrogen-bond donors (Lipinski definition) is 1. The maximum Gasteiger partial charge on any atom is 0.356 e. The predicted octanol–water partition coefficient (Wildman–Crippen LogP) is 1.36. The van der Waals surface area contributed by atoms with Gasteiger partial charge in [0.15, 0.2) is 0 Å². The lowest BCUT2D eigenvalue weighted by molar-refractivity contribution is 0.0513. The molecule has 0 radical (unpaired) electrons. The van der Waals surface area contributed by atoms with Crippen LogP contribution in [0.1, 0.15) is 29.7 Å². The number of aromatic nitrogens is 2. The van der Waals surface area contributed by atoms with Gasteiger partial charge in [-0.1, -0.05) is 0 Å². The van der Waals surface area contributed by atoms with Gasteiger partial charge in [0.1, 0.15) is 11.5 Å². The molecular formula is C10H12N2O3. The molecule has 0 saturated carbocycles. The average molecular weight is 208 g/mol. The number of aliphatic hydroxyl groups is 1. The molecule has 1 N–H and O–H groups in total. The first-order valence-corrected chi connectivity index (χ1v) is 4.84. The molecular weight excluding hydrogens is 196 g/mol. The third kappa shape index (κ3) is 1.72. The Morgan fingerprint density at radius 1 is 1.73 bits per heavy atom. The van der Waals surface area contributed by atoms with Gasteiger partial charge in [0.05, 0.1) is 18.6 Å². The van der Waals surface area contributed by atoms with Gasteiger partial charge >= 0.3 is 5.97 Å². The van der Waals surface area contributed by atoms with Gasteiger partial charge in [-0.15, -0.1) is 0 Å². The minimum Gasteiger partial charge on any atom is -0.512 e. The fourth-order valence-corrected chi connectivity index (χ4v) is 1.56. The number of allylic oxidation sites excluding steroid dienone is 1. The average Bonchev–Trinajstić information content (AvgIpc) is 2.60. The Balaban J connectivity index is 2.33. The highest BCUT2D eigenvalue weighted by atomic mass is 16.5. The number of rotatable bonds is 2. The second-order valence-electron chi connectivity index (χ2n) is 3.26. The first kappa shape index (κ1) is 9.76. The van der Waals surface area contributed by atoms with Crippen LogP contribution in [-0.4, -0.2) is 27.2 Å². The van der Waals surface area contributed by atoms with E-state index in [2.05, 4.69) is 4.98 Å². The second-order valence-corrected chi connectivity index (χ2v) is 3.26. The smallest absolute Gasteiger partial charge is 0.356 e. The van der Waals surface area contributed by atoms with Crippen LogP contribution >= 0.6 is 0 Å². The summed E-state index contributed by atoms with van der Waals surface area (Å²) in [4.78, 5) is 15.5. The number of carbonyl (C=O) groups is 1. The quantitative estimate of drug-likeness (QED) is 0.745. The van der Waals surface area contributed by atoms with Crippen LogP contribution in [0.15, 0.2) is 12.0 Å². The topological polar surface area (TPSA) is 64.3 Å². The Bertz CT molecular complexity index is 420. The Morgan fingerprint density at radius 3 is 3.27 bits per heavy atom. The first-order valence-electron chi connectivity index (χ1n) is 4.84. The van der Waals surface area contributed by atoms with Gasteiger partial charge in [-0.25, -0.2) is 9.78 Å². The van der Waals surface area contributed by atoms with E-state index >= 15 is 0 Å². The Hall–Kier alpha value is -1.78. The van der Waals surface area contributed by atoms with E-state index in [9.17, 15) is 9.90 Å². The molecule has 0 atom stereocenters. The summed E-state index contributed by atoms with van der Waals surface area (Å²) < 4.78 is 6.64. The van der Waals surface area contributed by atoms with E-state index in [-0.39, 0.29) is 5.97 Å². The number of nitrogens with zero attached hydrogens (tertiary/aromatic N) is 2. The summed E-state index contributed by atoms with van der Waals surface area (Å²) in [6.45, 7) is 2.67. The molecule has 0 saturated heterocycles.